The highest BCUT2D eigenvalue weighted by atomic mass is 31.0. The fourth-order valence-electron chi connectivity index (χ4n) is 4.40. The molecule has 1 amide bonds. The van der Waals surface area contributed by atoms with Crippen LogP contribution in [0.15, 0.2) is 24.3 Å². The Bertz CT molecular complexity index is 740. The zero-order valence-electron chi connectivity index (χ0n) is 17.4. The van der Waals surface area contributed by atoms with E-state index in [4.69, 9.17) is 5.73 Å². The van der Waals surface area contributed by atoms with Gasteiger partial charge in [0.25, 0.3) is 0 Å². The number of alkyl halides is 3. The fraction of sp³-hybridized carbons (Fsp3) is 0.682. The third-order valence-corrected chi connectivity index (χ3v) is 7.60. The van der Waals surface area contributed by atoms with Gasteiger partial charge in [-0.2, -0.15) is 13.2 Å². The van der Waals surface area contributed by atoms with Gasteiger partial charge in [-0.15, -0.1) is 9.24 Å². The van der Waals surface area contributed by atoms with Gasteiger partial charge in [0.1, 0.15) is 0 Å². The molecule has 8 heteroatoms. The number of carbonyl (C=O) groups is 1. The fourth-order valence-corrected chi connectivity index (χ4v) is 4.88. The van der Waals surface area contributed by atoms with Crippen molar-refractivity contribution in [1.29, 1.82) is 0 Å². The van der Waals surface area contributed by atoms with Crippen LogP contribution in [0.1, 0.15) is 69.4 Å². The highest BCUT2D eigenvalue weighted by molar-refractivity contribution is 7.19. The molecule has 1 unspecified atom stereocenters. The van der Waals surface area contributed by atoms with E-state index in [1.54, 1.807) is 12.1 Å². The average molecular weight is 444 g/mol. The second-order valence-corrected chi connectivity index (χ2v) is 10.5. The van der Waals surface area contributed by atoms with Gasteiger partial charge in [0.2, 0.25) is 5.91 Å². The predicted molar refractivity (Wildman–Crippen MR) is 114 cm³/mol. The summed E-state index contributed by atoms with van der Waals surface area (Å²) in [4.78, 5) is 13.6. The molecule has 1 aromatic carbocycles. The van der Waals surface area contributed by atoms with Crippen molar-refractivity contribution in [2.75, 3.05) is 0 Å². The minimum atomic E-state index is -4.71. The molecule has 0 aliphatic heterocycles. The highest BCUT2D eigenvalue weighted by Gasteiger charge is 2.51. The monoisotopic (exact) mass is 444 g/mol. The second kappa shape index (κ2) is 8.76. The second-order valence-electron chi connectivity index (χ2n) is 9.23. The molecular weight excluding hydrogens is 412 g/mol. The Morgan fingerprint density at radius 1 is 1.17 bits per heavy atom. The molecule has 0 bridgehead atoms. The number of primary amides is 1. The first kappa shape index (κ1) is 23.5. The summed E-state index contributed by atoms with van der Waals surface area (Å²) < 4.78 is 39.2. The van der Waals surface area contributed by atoms with Crippen molar-refractivity contribution in [3.63, 3.8) is 0 Å². The number of nitrogens with two attached hydrogens (primary N) is 1. The van der Waals surface area contributed by atoms with E-state index in [1.165, 1.54) is 12.1 Å². The Morgan fingerprint density at radius 2 is 1.70 bits per heavy atom. The molecule has 3 rings (SSSR count). The number of nitrogens with zero attached hydrogens (tertiary/aromatic N) is 1. The van der Waals surface area contributed by atoms with Gasteiger partial charge in [-0.05, 0) is 68.2 Å². The lowest BCUT2D eigenvalue weighted by Crippen LogP contribution is -2.42. The maximum absolute atomic E-state index is 13.1. The molecule has 4 nitrogen and oxygen atoms in total. The highest BCUT2D eigenvalue weighted by Crippen LogP contribution is 2.44. The van der Waals surface area contributed by atoms with Crippen molar-refractivity contribution in [1.82, 2.24) is 4.90 Å². The summed E-state index contributed by atoms with van der Waals surface area (Å²) in [6.07, 6.45) is 2.93. The molecule has 2 atom stereocenters. The number of hydrogen-bond donors (Lipinski definition) is 2. The normalized spacial score (nSPS) is 27.1. The molecule has 0 radical (unpaired) electrons. The Kier molecular flexibility index (Phi) is 6.86. The first-order chi connectivity index (χ1) is 13.9. The maximum Gasteiger partial charge on any atom is 0.421 e. The summed E-state index contributed by atoms with van der Waals surface area (Å²) in [5, 5.41) is 9.93. The van der Waals surface area contributed by atoms with Crippen LogP contribution in [0.4, 0.5) is 13.2 Å². The van der Waals surface area contributed by atoms with E-state index in [9.17, 15) is 23.1 Å². The van der Waals surface area contributed by atoms with Crippen LogP contribution in [0.2, 0.25) is 0 Å². The summed E-state index contributed by atoms with van der Waals surface area (Å²) in [6, 6.07) is 7.13. The quantitative estimate of drug-likeness (QED) is 0.590. The van der Waals surface area contributed by atoms with Gasteiger partial charge in [-0.1, -0.05) is 24.3 Å². The molecule has 168 valence electrons. The van der Waals surface area contributed by atoms with E-state index >= 15 is 0 Å². The minimum absolute atomic E-state index is 0.0750. The van der Waals surface area contributed by atoms with Crippen LogP contribution in [0.3, 0.4) is 0 Å². The van der Waals surface area contributed by atoms with Gasteiger partial charge in [0.05, 0.1) is 0 Å². The summed E-state index contributed by atoms with van der Waals surface area (Å²) in [5.74, 6) is -0.258. The molecule has 2 aliphatic rings. The molecular formula is C22H32F3N2O2P. The zero-order valence-corrected chi connectivity index (χ0v) is 18.6. The minimum Gasteiger partial charge on any atom is -0.376 e. The van der Waals surface area contributed by atoms with E-state index in [0.29, 0.717) is 25.0 Å². The first-order valence-corrected chi connectivity index (χ1v) is 11.2. The lowest BCUT2D eigenvalue weighted by atomic mass is 9.81. The number of carbonyl (C=O) groups excluding carboxylic acids is 1. The molecule has 2 saturated carbocycles. The molecule has 30 heavy (non-hydrogen) atoms. The first-order valence-electron chi connectivity index (χ1n) is 10.6. The number of halogens is 3. The zero-order chi connectivity index (χ0) is 22.2. The molecule has 0 spiro atoms. The third-order valence-electron chi connectivity index (χ3n) is 6.74. The van der Waals surface area contributed by atoms with E-state index in [1.807, 2.05) is 0 Å². The van der Waals surface area contributed by atoms with Crippen LogP contribution < -0.4 is 5.73 Å². The summed E-state index contributed by atoms with van der Waals surface area (Å²) in [6.45, 7) is 1.49. The largest absolute Gasteiger partial charge is 0.421 e. The van der Waals surface area contributed by atoms with Gasteiger partial charge < -0.3 is 10.8 Å². The number of aliphatic hydroxyl groups is 1. The van der Waals surface area contributed by atoms with Crippen molar-refractivity contribution < 1.29 is 23.1 Å². The van der Waals surface area contributed by atoms with Crippen LogP contribution >= 0.6 is 9.24 Å². The van der Waals surface area contributed by atoms with Gasteiger partial charge in [0.15, 0.2) is 5.60 Å². The summed E-state index contributed by atoms with van der Waals surface area (Å²) in [5.41, 5.74) is 3.27. The molecule has 0 saturated heterocycles. The third kappa shape index (κ3) is 5.54. The van der Waals surface area contributed by atoms with Crippen LogP contribution in [0.5, 0.6) is 0 Å². The molecule has 3 N–H and O–H groups in total. The Morgan fingerprint density at radius 3 is 2.17 bits per heavy atom. The molecule has 2 aliphatic carbocycles. The lowest BCUT2D eigenvalue weighted by Gasteiger charge is -2.42. The van der Waals surface area contributed by atoms with E-state index in [-0.39, 0.29) is 16.6 Å². The maximum atomic E-state index is 13.1. The van der Waals surface area contributed by atoms with Crippen LogP contribution in [0, 0.1) is 0 Å². The smallest absolute Gasteiger partial charge is 0.376 e. The number of amides is 1. The van der Waals surface area contributed by atoms with Gasteiger partial charge in [0, 0.05) is 25.0 Å². The van der Waals surface area contributed by atoms with Crippen molar-refractivity contribution in [3.8, 4) is 0 Å². The van der Waals surface area contributed by atoms with Gasteiger partial charge in [-0.3, -0.25) is 9.69 Å². The Labute approximate surface area is 178 Å². The summed E-state index contributed by atoms with van der Waals surface area (Å²) >= 11 is 0. The average Bonchev–Trinajstić information content (AvgIpc) is 3.50. The van der Waals surface area contributed by atoms with Crippen molar-refractivity contribution in [2.24, 2.45) is 5.73 Å². The van der Waals surface area contributed by atoms with E-state index in [0.717, 1.165) is 57.4 Å². The van der Waals surface area contributed by atoms with Crippen LogP contribution in [-0.2, 0) is 16.9 Å². The van der Waals surface area contributed by atoms with E-state index < -0.39 is 11.8 Å². The van der Waals surface area contributed by atoms with Gasteiger partial charge >= 0.3 is 6.18 Å². The number of rotatable bonds is 8. The van der Waals surface area contributed by atoms with Gasteiger partial charge in [-0.25, -0.2) is 0 Å². The van der Waals surface area contributed by atoms with Crippen molar-refractivity contribution in [2.45, 2.75) is 93.9 Å². The van der Waals surface area contributed by atoms with Crippen LogP contribution in [0.25, 0.3) is 0 Å². The number of benzene rings is 1. The topological polar surface area (TPSA) is 66.6 Å². The molecule has 0 aromatic heterocycles. The van der Waals surface area contributed by atoms with E-state index in [2.05, 4.69) is 14.1 Å². The van der Waals surface area contributed by atoms with Crippen molar-refractivity contribution >= 4 is 15.1 Å². The molecule has 2 fully saturated rings. The molecule has 0 heterocycles. The van der Waals surface area contributed by atoms with Crippen LogP contribution in [-0.4, -0.2) is 39.3 Å². The SMILES string of the molecule is C[C@](O)(c1ccc(CN(C2CC2)C2CCC(P)(CCC(N)=O)CC2)cc1)C(F)(F)F. The number of hydrogen-bond acceptors (Lipinski definition) is 3. The van der Waals surface area contributed by atoms with Crippen molar-refractivity contribution in [3.05, 3.63) is 35.4 Å². The predicted octanol–water partition coefficient (Wildman–Crippen LogP) is 4.24. The Balaban J connectivity index is 1.63. The lowest BCUT2D eigenvalue weighted by molar-refractivity contribution is -0.258. The molecule has 1 aromatic rings. The standard InChI is InChI=1S/C22H32F3N2O2P/c1-20(29,22(23,24)25)16-4-2-15(3-5-16)14-27(17-6-7-17)18-8-11-21(30,12-9-18)13-10-19(26)28/h2-5,17-18,29H,6-14,30H2,1H3,(H2,26,28)/t18?,20-,21?/m0/s1. The summed E-state index contributed by atoms with van der Waals surface area (Å²) in [7, 11) is 2.94. The Hall–Kier alpha value is -1.17.